The summed E-state index contributed by atoms with van der Waals surface area (Å²) < 4.78 is 40.8. The minimum absolute atomic E-state index is 0.351. The fourth-order valence-electron chi connectivity index (χ4n) is 1.94. The number of aromatic nitrogens is 2. The molecule has 1 heterocycles. The topological polar surface area (TPSA) is 58.4 Å². The van der Waals surface area contributed by atoms with Gasteiger partial charge in [0.15, 0.2) is 5.82 Å². The van der Waals surface area contributed by atoms with Crippen molar-refractivity contribution in [2.45, 2.75) is 38.0 Å². The zero-order valence-electron chi connectivity index (χ0n) is 12.3. The van der Waals surface area contributed by atoms with Gasteiger partial charge in [0.1, 0.15) is 0 Å². The Labute approximate surface area is 121 Å². The average molecular weight is 307 g/mol. The van der Waals surface area contributed by atoms with Gasteiger partial charge in [-0.3, -0.25) is 4.79 Å². The molecule has 0 fully saturated rings. The molecule has 21 heavy (non-hydrogen) atoms. The second-order valence-electron chi connectivity index (χ2n) is 5.07. The lowest BCUT2D eigenvalue weighted by atomic mass is 9.96. The Morgan fingerprint density at radius 1 is 1.48 bits per heavy atom. The van der Waals surface area contributed by atoms with Gasteiger partial charge in [-0.25, -0.2) is 4.98 Å². The molecule has 1 amide bonds. The Morgan fingerprint density at radius 2 is 2.10 bits per heavy atom. The van der Waals surface area contributed by atoms with Crippen molar-refractivity contribution in [1.82, 2.24) is 14.5 Å². The van der Waals surface area contributed by atoms with Crippen molar-refractivity contribution in [3.63, 3.8) is 0 Å². The van der Waals surface area contributed by atoms with E-state index < -0.39 is 29.9 Å². The summed E-state index contributed by atoms with van der Waals surface area (Å²) in [6, 6.07) is 0. The summed E-state index contributed by atoms with van der Waals surface area (Å²) in [4.78, 5) is 16.7. The molecule has 0 bridgehead atoms. The van der Waals surface area contributed by atoms with E-state index in [1.807, 2.05) is 6.92 Å². The van der Waals surface area contributed by atoms with Crippen LogP contribution in [0.3, 0.4) is 0 Å². The maximum absolute atomic E-state index is 13.2. The predicted molar refractivity (Wildman–Crippen MR) is 70.3 cm³/mol. The molecule has 0 saturated heterocycles. The highest BCUT2D eigenvalue weighted by Gasteiger charge is 2.58. The van der Waals surface area contributed by atoms with Crippen LogP contribution in [0.25, 0.3) is 0 Å². The van der Waals surface area contributed by atoms with Gasteiger partial charge in [-0.05, 0) is 6.42 Å². The van der Waals surface area contributed by atoms with Crippen LogP contribution in [-0.4, -0.2) is 45.2 Å². The van der Waals surface area contributed by atoms with Gasteiger partial charge in [-0.15, -0.1) is 0 Å². The van der Waals surface area contributed by atoms with Crippen LogP contribution in [0.2, 0.25) is 0 Å². The molecule has 1 aromatic rings. The summed E-state index contributed by atoms with van der Waals surface area (Å²) in [6.45, 7) is 2.27. The van der Waals surface area contributed by atoms with Gasteiger partial charge >= 0.3 is 6.18 Å². The normalized spacial score (nSPS) is 14.8. The van der Waals surface area contributed by atoms with Gasteiger partial charge in [-0.1, -0.05) is 13.3 Å². The molecule has 0 spiro atoms. The Bertz CT molecular complexity index is 487. The highest BCUT2D eigenvalue weighted by atomic mass is 19.4. The predicted octanol–water partition coefficient (Wildman–Crippen LogP) is 1.82. The third-order valence-corrected chi connectivity index (χ3v) is 3.34. The van der Waals surface area contributed by atoms with Crippen molar-refractivity contribution < 1.29 is 23.1 Å². The number of rotatable bonds is 6. The summed E-state index contributed by atoms with van der Waals surface area (Å²) in [5.74, 6) is -1.36. The minimum Gasteiger partial charge on any atom is -0.374 e. The van der Waals surface area contributed by atoms with Crippen molar-refractivity contribution in [2.75, 3.05) is 13.6 Å². The highest BCUT2D eigenvalue weighted by molar-refractivity contribution is 5.77. The number of carbonyl (C=O) groups is 1. The van der Waals surface area contributed by atoms with Gasteiger partial charge in [0, 0.05) is 33.0 Å². The van der Waals surface area contributed by atoms with E-state index in [-0.39, 0.29) is 0 Å². The Kier molecular flexibility index (Phi) is 5.38. The number of aliphatic hydroxyl groups is 1. The van der Waals surface area contributed by atoms with E-state index in [4.69, 9.17) is 0 Å². The largest absolute Gasteiger partial charge is 0.425 e. The molecular weight excluding hydrogens is 287 g/mol. The van der Waals surface area contributed by atoms with Crippen molar-refractivity contribution in [3.05, 3.63) is 18.2 Å². The maximum Gasteiger partial charge on any atom is 0.425 e. The molecule has 0 aliphatic carbocycles. The van der Waals surface area contributed by atoms with E-state index in [1.165, 1.54) is 25.2 Å². The molecule has 1 N–H and O–H groups in total. The molecule has 0 aliphatic rings. The van der Waals surface area contributed by atoms with E-state index in [9.17, 15) is 23.1 Å². The van der Waals surface area contributed by atoms with Crippen molar-refractivity contribution in [3.8, 4) is 0 Å². The van der Waals surface area contributed by atoms with Crippen molar-refractivity contribution >= 4 is 5.91 Å². The number of hydrogen-bond acceptors (Lipinski definition) is 3. The smallest absolute Gasteiger partial charge is 0.374 e. The van der Waals surface area contributed by atoms with Crippen molar-refractivity contribution in [1.29, 1.82) is 0 Å². The molecule has 8 heteroatoms. The number of aryl methyl sites for hydroxylation is 1. The van der Waals surface area contributed by atoms with E-state index in [2.05, 4.69) is 4.98 Å². The fraction of sp³-hybridized carbons (Fsp3) is 0.692. The molecule has 0 aromatic carbocycles. The lowest BCUT2D eigenvalue weighted by Crippen LogP contribution is -2.48. The van der Waals surface area contributed by atoms with Gasteiger partial charge in [0.2, 0.25) is 11.5 Å². The summed E-state index contributed by atoms with van der Waals surface area (Å²) in [5.41, 5.74) is -3.29. The maximum atomic E-state index is 13.2. The van der Waals surface area contributed by atoms with Crippen LogP contribution in [0.5, 0.6) is 0 Å². The number of nitrogens with zero attached hydrogens (tertiary/aromatic N) is 3. The zero-order chi connectivity index (χ0) is 16.3. The molecule has 1 rings (SSSR count). The molecule has 0 aliphatic heterocycles. The van der Waals surface area contributed by atoms with E-state index in [0.29, 0.717) is 13.0 Å². The molecule has 1 atom stereocenters. The van der Waals surface area contributed by atoms with E-state index >= 15 is 0 Å². The number of alkyl halides is 3. The summed E-state index contributed by atoms with van der Waals surface area (Å²) in [5, 5.41) is 10.1. The molecule has 1 aromatic heterocycles. The first-order chi connectivity index (χ1) is 9.63. The SMILES string of the molecule is CCCCN(C)C(=O)CC(O)(c1nccn1C)C(F)(F)F. The quantitative estimate of drug-likeness (QED) is 0.872. The molecular formula is C13H20F3N3O2. The molecule has 5 nitrogen and oxygen atoms in total. The number of halogens is 3. The van der Waals surface area contributed by atoms with Gasteiger partial charge in [0.25, 0.3) is 0 Å². The number of imidazole rings is 1. The van der Waals surface area contributed by atoms with Gasteiger partial charge in [-0.2, -0.15) is 13.2 Å². The van der Waals surface area contributed by atoms with E-state index in [1.54, 1.807) is 0 Å². The molecule has 120 valence electrons. The van der Waals surface area contributed by atoms with Crippen LogP contribution in [0, 0.1) is 0 Å². The van der Waals surface area contributed by atoms with Crippen LogP contribution >= 0.6 is 0 Å². The summed E-state index contributed by atoms with van der Waals surface area (Å²) >= 11 is 0. The molecule has 0 saturated carbocycles. The lowest BCUT2D eigenvalue weighted by Gasteiger charge is -2.31. The highest BCUT2D eigenvalue weighted by Crippen LogP contribution is 2.41. The van der Waals surface area contributed by atoms with Gasteiger partial charge < -0.3 is 14.6 Å². The third kappa shape index (κ3) is 3.75. The monoisotopic (exact) mass is 307 g/mol. The lowest BCUT2D eigenvalue weighted by molar-refractivity contribution is -0.271. The number of hydrogen-bond donors (Lipinski definition) is 1. The Balaban J connectivity index is 3.01. The van der Waals surface area contributed by atoms with Crippen LogP contribution < -0.4 is 0 Å². The van der Waals surface area contributed by atoms with Crippen LogP contribution in [0.15, 0.2) is 12.4 Å². The number of amides is 1. The summed E-state index contributed by atoms with van der Waals surface area (Å²) in [6.07, 6.45) is -2.13. The Morgan fingerprint density at radius 3 is 2.52 bits per heavy atom. The summed E-state index contributed by atoms with van der Waals surface area (Å²) in [7, 11) is 2.76. The van der Waals surface area contributed by atoms with Gasteiger partial charge in [0.05, 0.1) is 6.42 Å². The first kappa shape index (κ1) is 17.5. The first-order valence-electron chi connectivity index (χ1n) is 6.64. The second kappa shape index (κ2) is 6.46. The third-order valence-electron chi connectivity index (χ3n) is 3.34. The Hall–Kier alpha value is -1.57. The van der Waals surface area contributed by atoms with E-state index in [0.717, 1.165) is 17.2 Å². The zero-order valence-corrected chi connectivity index (χ0v) is 12.3. The molecule has 0 radical (unpaired) electrons. The van der Waals surface area contributed by atoms with Crippen molar-refractivity contribution in [2.24, 2.45) is 7.05 Å². The number of carbonyl (C=O) groups excluding carboxylic acids is 1. The standard InChI is InChI=1S/C13H20F3N3O2/c1-4-5-7-18(2)10(20)9-12(21,13(14,15)16)11-17-6-8-19(11)3/h6,8,21H,4-5,7,9H2,1-3H3. The fourth-order valence-corrected chi connectivity index (χ4v) is 1.94. The van der Waals surface area contributed by atoms with Crippen LogP contribution in [0.1, 0.15) is 32.0 Å². The second-order valence-corrected chi connectivity index (χ2v) is 5.07. The molecule has 1 unspecified atom stereocenters. The first-order valence-corrected chi connectivity index (χ1v) is 6.64. The van der Waals surface area contributed by atoms with Crippen LogP contribution in [0.4, 0.5) is 13.2 Å². The average Bonchev–Trinajstić information content (AvgIpc) is 2.81. The number of unbranched alkanes of at least 4 members (excludes halogenated alkanes) is 1. The van der Waals surface area contributed by atoms with Crippen LogP contribution in [-0.2, 0) is 17.4 Å². The minimum atomic E-state index is -4.99.